The molecule has 9 heavy (non-hydrogen) atoms. The van der Waals surface area contributed by atoms with E-state index in [4.69, 9.17) is 9.47 Å². The number of ether oxygens (including phenoxy) is 2. The van der Waals surface area contributed by atoms with Gasteiger partial charge in [-0.1, -0.05) is 0 Å². The Kier molecular flexibility index (Phi) is 0.552. The van der Waals surface area contributed by atoms with Crippen molar-refractivity contribution in [1.82, 2.24) is 0 Å². The molecule has 1 aliphatic carbocycles. The monoisotopic (exact) mass is 126 g/mol. The highest BCUT2D eigenvalue weighted by molar-refractivity contribution is 5.12. The molecule has 0 radical (unpaired) electrons. The molecule has 0 N–H and O–H groups in total. The van der Waals surface area contributed by atoms with Gasteiger partial charge in [-0.25, -0.2) is 0 Å². The molecule has 1 saturated carbocycles. The lowest BCUT2D eigenvalue weighted by Gasteiger charge is -2.05. The average Bonchev–Trinajstić information content (AvgIpc) is 2.52. The van der Waals surface area contributed by atoms with Gasteiger partial charge in [0.2, 0.25) is 0 Å². The van der Waals surface area contributed by atoms with Gasteiger partial charge in [0.15, 0.2) is 0 Å². The molecule has 3 rings (SSSR count). The van der Waals surface area contributed by atoms with E-state index >= 15 is 0 Å². The zero-order valence-corrected chi connectivity index (χ0v) is 5.46. The summed E-state index contributed by atoms with van der Waals surface area (Å²) < 4.78 is 10.8. The molecule has 0 aromatic heterocycles. The van der Waals surface area contributed by atoms with Crippen LogP contribution in [-0.4, -0.2) is 23.9 Å². The molecule has 2 heteroatoms. The summed E-state index contributed by atoms with van der Waals surface area (Å²) in [6.45, 7) is 2.19. The zero-order chi connectivity index (χ0) is 6.06. The van der Waals surface area contributed by atoms with Crippen molar-refractivity contribution in [3.05, 3.63) is 0 Å². The molecule has 3 fully saturated rings. The summed E-state index contributed by atoms with van der Waals surface area (Å²) >= 11 is 0. The molecular weight excluding hydrogens is 116 g/mol. The fourth-order valence-electron chi connectivity index (χ4n) is 1.94. The molecular formula is C7H10O2. The van der Waals surface area contributed by atoms with Crippen LogP contribution in [0, 0.1) is 0 Å². The molecule has 2 nitrogen and oxygen atoms in total. The second-order valence-electron chi connectivity index (χ2n) is 3.57. The van der Waals surface area contributed by atoms with Crippen molar-refractivity contribution < 1.29 is 9.47 Å². The van der Waals surface area contributed by atoms with Gasteiger partial charge in [-0.15, -0.1) is 0 Å². The van der Waals surface area contributed by atoms with Crippen LogP contribution in [0.5, 0.6) is 0 Å². The molecule has 4 atom stereocenters. The minimum absolute atomic E-state index is 0.234. The van der Waals surface area contributed by atoms with Crippen LogP contribution < -0.4 is 0 Å². The number of epoxide rings is 2. The molecule has 0 amide bonds. The summed E-state index contributed by atoms with van der Waals surface area (Å²) in [5, 5.41) is 0. The Morgan fingerprint density at radius 3 is 3.11 bits per heavy atom. The predicted octanol–water partition coefficient (Wildman–Crippen LogP) is 0.705. The summed E-state index contributed by atoms with van der Waals surface area (Å²) in [5.41, 5.74) is 0.234. The lowest BCUT2D eigenvalue weighted by atomic mass is 9.91. The molecule has 2 saturated heterocycles. The molecule has 3 aliphatic rings. The largest absolute Gasteiger partial charge is 0.369 e. The highest BCUT2D eigenvalue weighted by Gasteiger charge is 2.64. The number of fused-ring (bicyclic) bond motifs is 2. The third-order valence-electron chi connectivity index (χ3n) is 2.78. The number of hydrogen-bond acceptors (Lipinski definition) is 2. The van der Waals surface area contributed by atoms with Crippen molar-refractivity contribution in [2.75, 3.05) is 0 Å². The molecule has 0 spiro atoms. The van der Waals surface area contributed by atoms with E-state index in [1.807, 2.05) is 0 Å². The highest BCUT2D eigenvalue weighted by Crippen LogP contribution is 2.53. The van der Waals surface area contributed by atoms with Gasteiger partial charge < -0.3 is 9.47 Å². The van der Waals surface area contributed by atoms with E-state index in [1.165, 1.54) is 0 Å². The molecule has 0 bridgehead atoms. The minimum Gasteiger partial charge on any atom is -0.369 e. The van der Waals surface area contributed by atoms with Crippen LogP contribution in [0.1, 0.15) is 19.8 Å². The van der Waals surface area contributed by atoms with Gasteiger partial charge in [-0.3, -0.25) is 0 Å². The summed E-state index contributed by atoms with van der Waals surface area (Å²) in [6, 6.07) is 0. The van der Waals surface area contributed by atoms with Gasteiger partial charge in [-0.05, 0) is 6.92 Å². The fourth-order valence-corrected chi connectivity index (χ4v) is 1.94. The van der Waals surface area contributed by atoms with Gasteiger partial charge in [0.25, 0.3) is 0 Å². The highest BCUT2D eigenvalue weighted by atomic mass is 16.6. The Balaban J connectivity index is 1.87. The summed E-state index contributed by atoms with van der Waals surface area (Å²) in [6.07, 6.45) is 3.98. The first kappa shape index (κ1) is 4.69. The van der Waals surface area contributed by atoms with E-state index in [-0.39, 0.29) is 5.60 Å². The Hall–Kier alpha value is -0.0800. The maximum atomic E-state index is 5.49. The lowest BCUT2D eigenvalue weighted by Crippen LogP contribution is -2.20. The first-order chi connectivity index (χ1) is 4.28. The van der Waals surface area contributed by atoms with Crippen molar-refractivity contribution in [1.29, 1.82) is 0 Å². The maximum Gasteiger partial charge on any atom is 0.0947 e. The number of rotatable bonds is 0. The van der Waals surface area contributed by atoms with Crippen molar-refractivity contribution in [3.63, 3.8) is 0 Å². The van der Waals surface area contributed by atoms with Crippen LogP contribution in [0.4, 0.5) is 0 Å². The Bertz CT molecular complexity index is 168. The van der Waals surface area contributed by atoms with Crippen molar-refractivity contribution in [2.45, 2.75) is 43.7 Å². The summed E-state index contributed by atoms with van der Waals surface area (Å²) in [5.74, 6) is 0. The molecule has 50 valence electrons. The van der Waals surface area contributed by atoms with E-state index in [0.29, 0.717) is 18.3 Å². The zero-order valence-electron chi connectivity index (χ0n) is 5.46. The molecule has 4 unspecified atom stereocenters. The maximum absolute atomic E-state index is 5.49. The van der Waals surface area contributed by atoms with E-state index in [0.717, 1.165) is 12.8 Å². The second kappa shape index (κ2) is 1.06. The van der Waals surface area contributed by atoms with Crippen molar-refractivity contribution in [3.8, 4) is 0 Å². The second-order valence-corrected chi connectivity index (χ2v) is 3.57. The van der Waals surface area contributed by atoms with Gasteiger partial charge in [-0.2, -0.15) is 0 Å². The van der Waals surface area contributed by atoms with Crippen molar-refractivity contribution >= 4 is 0 Å². The molecule has 0 aromatic rings. The Morgan fingerprint density at radius 2 is 2.33 bits per heavy atom. The normalized spacial score (nSPS) is 68.3. The van der Waals surface area contributed by atoms with Gasteiger partial charge >= 0.3 is 0 Å². The third kappa shape index (κ3) is 0.485. The number of hydrogen-bond donors (Lipinski definition) is 0. The molecule has 2 heterocycles. The minimum atomic E-state index is 0.234. The first-order valence-corrected chi connectivity index (χ1v) is 3.61. The Labute approximate surface area is 54.1 Å². The van der Waals surface area contributed by atoms with E-state index in [1.54, 1.807) is 0 Å². The first-order valence-electron chi connectivity index (χ1n) is 3.61. The van der Waals surface area contributed by atoms with Crippen LogP contribution in [0.2, 0.25) is 0 Å². The third-order valence-corrected chi connectivity index (χ3v) is 2.78. The Morgan fingerprint density at radius 1 is 1.44 bits per heavy atom. The standard InChI is InChI=1S/C7H10O2/c1-7-3-5-4(8-5)2-6(7)9-7/h4-6H,2-3H2,1H3. The summed E-state index contributed by atoms with van der Waals surface area (Å²) in [4.78, 5) is 0. The molecule has 0 aromatic carbocycles. The van der Waals surface area contributed by atoms with Crippen LogP contribution in [0.15, 0.2) is 0 Å². The van der Waals surface area contributed by atoms with Crippen LogP contribution in [-0.2, 0) is 9.47 Å². The fraction of sp³-hybridized carbons (Fsp3) is 1.00. The predicted molar refractivity (Wildman–Crippen MR) is 31.2 cm³/mol. The lowest BCUT2D eigenvalue weighted by molar-refractivity contribution is 0.256. The van der Waals surface area contributed by atoms with E-state index in [9.17, 15) is 0 Å². The SMILES string of the molecule is CC12CC3OC3CC1O2. The van der Waals surface area contributed by atoms with Crippen LogP contribution in [0.25, 0.3) is 0 Å². The molecule has 2 aliphatic heterocycles. The summed E-state index contributed by atoms with van der Waals surface area (Å²) in [7, 11) is 0. The quantitative estimate of drug-likeness (QED) is 0.446. The van der Waals surface area contributed by atoms with Crippen LogP contribution >= 0.6 is 0 Å². The van der Waals surface area contributed by atoms with E-state index < -0.39 is 0 Å². The smallest absolute Gasteiger partial charge is 0.0947 e. The van der Waals surface area contributed by atoms with Crippen molar-refractivity contribution in [2.24, 2.45) is 0 Å². The van der Waals surface area contributed by atoms with Gasteiger partial charge in [0, 0.05) is 12.8 Å². The average molecular weight is 126 g/mol. The van der Waals surface area contributed by atoms with Crippen LogP contribution in [0.3, 0.4) is 0 Å². The van der Waals surface area contributed by atoms with Gasteiger partial charge in [0.05, 0.1) is 23.9 Å². The topological polar surface area (TPSA) is 25.1 Å². The van der Waals surface area contributed by atoms with E-state index in [2.05, 4.69) is 6.92 Å². The van der Waals surface area contributed by atoms with Gasteiger partial charge in [0.1, 0.15) is 0 Å².